The van der Waals surface area contributed by atoms with Crippen LogP contribution in [0.1, 0.15) is 12.8 Å². The van der Waals surface area contributed by atoms with Crippen LogP contribution in [0.3, 0.4) is 0 Å². The molecule has 1 aromatic heterocycles. The Morgan fingerprint density at radius 3 is 3.07 bits per heavy atom. The molecule has 1 N–H and O–H groups in total. The Morgan fingerprint density at radius 1 is 1.60 bits per heavy atom. The van der Waals surface area contributed by atoms with Gasteiger partial charge >= 0.3 is 0 Å². The zero-order valence-electron chi connectivity index (χ0n) is 8.77. The monoisotopic (exact) mass is 209 g/mol. The van der Waals surface area contributed by atoms with Crippen LogP contribution in [0.15, 0.2) is 16.9 Å². The topological polar surface area (TPSA) is 56.1 Å². The maximum absolute atomic E-state index is 11.4. The van der Waals surface area contributed by atoms with Crippen molar-refractivity contribution in [1.29, 1.82) is 0 Å². The van der Waals surface area contributed by atoms with Crippen LogP contribution in [-0.4, -0.2) is 29.5 Å². The summed E-state index contributed by atoms with van der Waals surface area (Å²) in [6.07, 6.45) is 2.50. The Bertz CT molecular complexity index is 384. The number of aromatic nitrogens is 2. The molecule has 1 saturated carbocycles. The fourth-order valence-corrected chi connectivity index (χ4v) is 1.36. The molecule has 0 aliphatic heterocycles. The lowest BCUT2D eigenvalue weighted by molar-refractivity contribution is 0.374. The van der Waals surface area contributed by atoms with Crippen molar-refractivity contribution in [3.8, 4) is 5.88 Å². The molecule has 0 spiro atoms. The van der Waals surface area contributed by atoms with Crippen LogP contribution in [0.2, 0.25) is 0 Å². The molecule has 2 rings (SSSR count). The first-order valence-corrected chi connectivity index (χ1v) is 5.15. The maximum Gasteiger partial charge on any atom is 0.267 e. The molecule has 0 saturated heterocycles. The van der Waals surface area contributed by atoms with Gasteiger partial charge in [-0.2, -0.15) is 0 Å². The van der Waals surface area contributed by atoms with E-state index < -0.39 is 0 Å². The van der Waals surface area contributed by atoms with Crippen LogP contribution in [0.5, 0.6) is 5.88 Å². The van der Waals surface area contributed by atoms with Crippen LogP contribution in [0.4, 0.5) is 0 Å². The van der Waals surface area contributed by atoms with Gasteiger partial charge in [0.05, 0.1) is 13.7 Å². The largest absolute Gasteiger partial charge is 0.480 e. The molecule has 0 bridgehead atoms. The molecule has 1 aliphatic rings. The van der Waals surface area contributed by atoms with E-state index in [1.807, 2.05) is 0 Å². The van der Waals surface area contributed by atoms with Gasteiger partial charge in [0.15, 0.2) is 0 Å². The smallest absolute Gasteiger partial charge is 0.267 e. The second-order valence-corrected chi connectivity index (χ2v) is 3.67. The van der Waals surface area contributed by atoms with E-state index in [2.05, 4.69) is 10.4 Å². The lowest BCUT2D eigenvalue weighted by Gasteiger charge is -2.06. The van der Waals surface area contributed by atoms with Crippen molar-refractivity contribution < 1.29 is 4.74 Å². The Kier molecular flexibility index (Phi) is 3.01. The number of ether oxygens (including phenoxy) is 1. The van der Waals surface area contributed by atoms with E-state index in [0.717, 1.165) is 6.54 Å². The SMILES string of the molecule is COc1ccc(=O)n(CCNC2CC2)n1. The van der Waals surface area contributed by atoms with E-state index in [1.54, 1.807) is 13.2 Å². The Hall–Kier alpha value is -1.36. The molecule has 5 nitrogen and oxygen atoms in total. The Labute approximate surface area is 88.1 Å². The predicted molar refractivity (Wildman–Crippen MR) is 56.1 cm³/mol. The summed E-state index contributed by atoms with van der Waals surface area (Å²) < 4.78 is 6.38. The van der Waals surface area contributed by atoms with E-state index in [-0.39, 0.29) is 5.56 Å². The summed E-state index contributed by atoms with van der Waals surface area (Å²) >= 11 is 0. The van der Waals surface area contributed by atoms with Gasteiger partial charge in [0, 0.05) is 24.7 Å². The van der Waals surface area contributed by atoms with Crippen molar-refractivity contribution >= 4 is 0 Å². The first-order valence-electron chi connectivity index (χ1n) is 5.15. The van der Waals surface area contributed by atoms with Crippen molar-refractivity contribution in [2.24, 2.45) is 0 Å². The highest BCUT2D eigenvalue weighted by Gasteiger charge is 2.19. The molecular weight excluding hydrogens is 194 g/mol. The average Bonchev–Trinajstić information content (AvgIpc) is 3.05. The quantitative estimate of drug-likeness (QED) is 0.742. The van der Waals surface area contributed by atoms with Crippen LogP contribution in [0.25, 0.3) is 0 Å². The number of methoxy groups -OCH3 is 1. The van der Waals surface area contributed by atoms with Gasteiger partial charge in [0.2, 0.25) is 5.88 Å². The standard InChI is InChI=1S/C10H15N3O2/c1-15-9-4-5-10(14)13(12-9)7-6-11-8-2-3-8/h4-5,8,11H,2-3,6-7H2,1H3. The minimum absolute atomic E-state index is 0.0894. The number of rotatable bonds is 5. The first kappa shape index (κ1) is 10.2. The average molecular weight is 209 g/mol. The zero-order chi connectivity index (χ0) is 10.7. The molecule has 0 atom stereocenters. The fraction of sp³-hybridized carbons (Fsp3) is 0.600. The molecule has 0 unspecified atom stereocenters. The van der Waals surface area contributed by atoms with Gasteiger partial charge in [-0.25, -0.2) is 4.68 Å². The van der Waals surface area contributed by atoms with Crippen molar-refractivity contribution in [1.82, 2.24) is 15.1 Å². The van der Waals surface area contributed by atoms with Gasteiger partial charge in [-0.3, -0.25) is 4.79 Å². The zero-order valence-corrected chi connectivity index (χ0v) is 8.77. The molecule has 1 aliphatic carbocycles. The normalized spacial score (nSPS) is 15.3. The number of nitrogens with one attached hydrogen (secondary N) is 1. The van der Waals surface area contributed by atoms with Crippen LogP contribution < -0.4 is 15.6 Å². The molecule has 82 valence electrons. The molecule has 1 heterocycles. The van der Waals surface area contributed by atoms with Crippen molar-refractivity contribution in [2.45, 2.75) is 25.4 Å². The summed E-state index contributed by atoms with van der Waals surface area (Å²) in [6.45, 7) is 1.37. The van der Waals surface area contributed by atoms with E-state index >= 15 is 0 Å². The predicted octanol–water partition coefficient (Wildman–Crippen LogP) is 0.00390. The van der Waals surface area contributed by atoms with E-state index in [0.29, 0.717) is 18.5 Å². The second kappa shape index (κ2) is 4.44. The van der Waals surface area contributed by atoms with Gasteiger partial charge in [-0.1, -0.05) is 0 Å². The third kappa shape index (κ3) is 2.79. The van der Waals surface area contributed by atoms with Gasteiger partial charge in [0.25, 0.3) is 5.56 Å². The number of hydrogen-bond acceptors (Lipinski definition) is 4. The summed E-state index contributed by atoms with van der Waals surface area (Å²) in [7, 11) is 1.54. The first-order chi connectivity index (χ1) is 7.29. The minimum atomic E-state index is -0.0894. The van der Waals surface area contributed by atoms with E-state index in [9.17, 15) is 4.79 Å². The summed E-state index contributed by atoms with van der Waals surface area (Å²) in [5.74, 6) is 0.473. The number of hydrogen-bond donors (Lipinski definition) is 1. The molecule has 0 amide bonds. The fourth-order valence-electron chi connectivity index (χ4n) is 1.36. The minimum Gasteiger partial charge on any atom is -0.480 e. The maximum atomic E-state index is 11.4. The van der Waals surface area contributed by atoms with Crippen molar-refractivity contribution in [3.05, 3.63) is 22.5 Å². The summed E-state index contributed by atoms with van der Waals surface area (Å²) in [6, 6.07) is 3.71. The molecule has 15 heavy (non-hydrogen) atoms. The van der Waals surface area contributed by atoms with Crippen LogP contribution in [-0.2, 0) is 6.54 Å². The van der Waals surface area contributed by atoms with Crippen LogP contribution in [0, 0.1) is 0 Å². The Morgan fingerprint density at radius 2 is 2.40 bits per heavy atom. The van der Waals surface area contributed by atoms with Gasteiger partial charge in [0.1, 0.15) is 0 Å². The summed E-state index contributed by atoms with van der Waals surface area (Å²) in [5.41, 5.74) is -0.0894. The van der Waals surface area contributed by atoms with Crippen molar-refractivity contribution in [3.63, 3.8) is 0 Å². The third-order valence-corrected chi connectivity index (χ3v) is 2.39. The lowest BCUT2D eigenvalue weighted by atomic mass is 10.5. The highest BCUT2D eigenvalue weighted by atomic mass is 16.5. The van der Waals surface area contributed by atoms with Gasteiger partial charge in [-0.15, -0.1) is 5.10 Å². The van der Waals surface area contributed by atoms with E-state index in [4.69, 9.17) is 4.74 Å². The molecule has 1 fully saturated rings. The highest BCUT2D eigenvalue weighted by molar-refractivity contribution is 5.05. The molecule has 5 heteroatoms. The summed E-state index contributed by atoms with van der Waals surface area (Å²) in [4.78, 5) is 11.4. The lowest BCUT2D eigenvalue weighted by Crippen LogP contribution is -2.29. The van der Waals surface area contributed by atoms with Crippen LogP contribution >= 0.6 is 0 Å². The molecule has 0 aromatic carbocycles. The molecular formula is C10H15N3O2. The second-order valence-electron chi connectivity index (χ2n) is 3.67. The summed E-state index contributed by atoms with van der Waals surface area (Å²) in [5, 5.41) is 7.38. The Balaban J connectivity index is 1.95. The van der Waals surface area contributed by atoms with Gasteiger partial charge < -0.3 is 10.1 Å². The molecule has 1 aromatic rings. The number of nitrogens with zero attached hydrogens (tertiary/aromatic N) is 2. The van der Waals surface area contributed by atoms with Crippen molar-refractivity contribution in [2.75, 3.05) is 13.7 Å². The van der Waals surface area contributed by atoms with E-state index in [1.165, 1.54) is 23.6 Å². The molecule has 0 radical (unpaired) electrons. The highest BCUT2D eigenvalue weighted by Crippen LogP contribution is 2.17. The third-order valence-electron chi connectivity index (χ3n) is 2.39. The van der Waals surface area contributed by atoms with Gasteiger partial charge in [-0.05, 0) is 12.8 Å².